The van der Waals surface area contributed by atoms with Gasteiger partial charge in [-0.2, -0.15) is 5.21 Å². The molecule has 6 nitrogen and oxygen atoms in total. The third-order valence-corrected chi connectivity index (χ3v) is 4.51. The average molecular weight is 319 g/mol. The summed E-state index contributed by atoms with van der Waals surface area (Å²) in [7, 11) is 0. The van der Waals surface area contributed by atoms with Crippen molar-refractivity contribution in [3.05, 3.63) is 40.2 Å². The zero-order chi connectivity index (χ0) is 15.1. The van der Waals surface area contributed by atoms with E-state index < -0.39 is 0 Å². The highest BCUT2D eigenvalue weighted by Gasteiger charge is 2.46. The Balaban J connectivity index is 1.43. The normalized spacial score (nSPS) is 23.5. The molecule has 0 unspecified atom stereocenters. The molecular weight excluding hydrogens is 304 g/mol. The second-order valence-corrected chi connectivity index (χ2v) is 6.31. The summed E-state index contributed by atoms with van der Waals surface area (Å²) in [6.07, 6.45) is 3.42. The van der Waals surface area contributed by atoms with Crippen molar-refractivity contribution in [1.82, 2.24) is 20.6 Å². The van der Waals surface area contributed by atoms with Gasteiger partial charge in [-0.25, -0.2) is 0 Å². The van der Waals surface area contributed by atoms with Crippen LogP contribution in [0.3, 0.4) is 0 Å². The number of hydrogen-bond donors (Lipinski definition) is 1. The third kappa shape index (κ3) is 2.76. The summed E-state index contributed by atoms with van der Waals surface area (Å²) in [6, 6.07) is 5.44. The number of aromatic amines is 1. The third-order valence-electron chi connectivity index (χ3n) is 4.16. The van der Waals surface area contributed by atoms with Gasteiger partial charge in [0.05, 0.1) is 12.7 Å². The summed E-state index contributed by atoms with van der Waals surface area (Å²) in [5.41, 5.74) is 1.56. The fourth-order valence-corrected chi connectivity index (χ4v) is 2.81. The summed E-state index contributed by atoms with van der Waals surface area (Å²) in [4.78, 5) is 12.5. The molecule has 2 atom stereocenters. The Bertz CT molecular complexity index is 700. The molecule has 1 N–H and O–H groups in total. The van der Waals surface area contributed by atoms with Crippen LogP contribution < -0.4 is 0 Å². The van der Waals surface area contributed by atoms with Crippen LogP contribution in [0.25, 0.3) is 0 Å². The monoisotopic (exact) mass is 318 g/mol. The molecule has 4 rings (SSSR count). The lowest BCUT2D eigenvalue weighted by Crippen LogP contribution is -2.05. The van der Waals surface area contributed by atoms with Crippen LogP contribution >= 0.6 is 11.6 Å². The Labute approximate surface area is 132 Å². The van der Waals surface area contributed by atoms with Gasteiger partial charge < -0.3 is 4.74 Å². The van der Waals surface area contributed by atoms with Crippen molar-refractivity contribution in [2.45, 2.75) is 37.9 Å². The first kappa shape index (κ1) is 13.8. The zero-order valence-corrected chi connectivity index (χ0v) is 12.6. The number of ether oxygens (including phenoxy) is 1. The van der Waals surface area contributed by atoms with Gasteiger partial charge in [-0.15, -0.1) is 10.2 Å². The first-order chi connectivity index (χ1) is 10.7. The Morgan fingerprint density at radius 3 is 2.95 bits per heavy atom. The number of aromatic nitrogens is 4. The maximum Gasteiger partial charge on any atom is 0.178 e. The second-order valence-electron chi connectivity index (χ2n) is 5.90. The minimum Gasteiger partial charge on any atom is -0.373 e. The Kier molecular flexibility index (Phi) is 3.43. The van der Waals surface area contributed by atoms with Gasteiger partial charge >= 0.3 is 0 Å². The van der Waals surface area contributed by atoms with Crippen molar-refractivity contribution in [3.63, 3.8) is 0 Å². The van der Waals surface area contributed by atoms with Crippen molar-refractivity contribution < 1.29 is 9.53 Å². The smallest absolute Gasteiger partial charge is 0.178 e. The van der Waals surface area contributed by atoms with Crippen molar-refractivity contribution >= 4 is 17.4 Å². The van der Waals surface area contributed by atoms with Crippen molar-refractivity contribution in [2.24, 2.45) is 5.92 Å². The summed E-state index contributed by atoms with van der Waals surface area (Å²) in [5, 5.41) is 14.4. The van der Waals surface area contributed by atoms with Gasteiger partial charge in [0.15, 0.2) is 11.6 Å². The highest BCUT2D eigenvalue weighted by molar-refractivity contribution is 6.31. The van der Waals surface area contributed by atoms with Crippen LogP contribution in [0.15, 0.2) is 18.2 Å². The van der Waals surface area contributed by atoms with Gasteiger partial charge in [0.1, 0.15) is 0 Å². The molecule has 22 heavy (non-hydrogen) atoms. The Morgan fingerprint density at radius 2 is 2.27 bits per heavy atom. The number of hydrogen-bond acceptors (Lipinski definition) is 5. The van der Waals surface area contributed by atoms with E-state index in [0.29, 0.717) is 29.1 Å². The van der Waals surface area contributed by atoms with Crippen LogP contribution in [-0.2, 0) is 11.3 Å². The van der Waals surface area contributed by atoms with E-state index in [1.54, 1.807) is 6.07 Å². The van der Waals surface area contributed by atoms with Gasteiger partial charge in [-0.3, -0.25) is 4.79 Å². The first-order valence-corrected chi connectivity index (χ1v) is 7.78. The van der Waals surface area contributed by atoms with E-state index in [1.165, 1.54) is 0 Å². The molecule has 0 radical (unpaired) electrons. The molecule has 0 saturated heterocycles. The number of nitrogens with one attached hydrogen (secondary N) is 1. The molecular formula is C15H15ClN4O2. The largest absolute Gasteiger partial charge is 0.373 e. The zero-order valence-electron chi connectivity index (χ0n) is 11.8. The van der Waals surface area contributed by atoms with E-state index in [2.05, 4.69) is 20.6 Å². The molecule has 7 heteroatoms. The molecule has 0 aliphatic heterocycles. The fraction of sp³-hybridized carbons (Fsp3) is 0.467. The van der Waals surface area contributed by atoms with Crippen molar-refractivity contribution in [2.75, 3.05) is 0 Å². The van der Waals surface area contributed by atoms with Gasteiger partial charge in [-0.1, -0.05) is 28.9 Å². The minimum absolute atomic E-state index is 0.0674. The summed E-state index contributed by atoms with van der Waals surface area (Å²) in [5.74, 6) is 0.704. The summed E-state index contributed by atoms with van der Waals surface area (Å²) >= 11 is 6.27. The minimum atomic E-state index is -0.0674. The van der Waals surface area contributed by atoms with Crippen LogP contribution in [0.2, 0.25) is 5.02 Å². The molecule has 1 aromatic heterocycles. The molecule has 0 spiro atoms. The molecule has 2 aromatic rings. The Hall–Kier alpha value is -1.79. The molecule has 2 fully saturated rings. The van der Waals surface area contributed by atoms with Gasteiger partial charge in [0.2, 0.25) is 0 Å². The predicted octanol–water partition coefficient (Wildman–Crippen LogP) is 2.52. The molecule has 2 saturated carbocycles. The van der Waals surface area contributed by atoms with E-state index in [9.17, 15) is 4.79 Å². The number of H-pyrrole nitrogens is 1. The molecule has 0 bridgehead atoms. The van der Waals surface area contributed by atoms with Crippen LogP contribution in [0.5, 0.6) is 0 Å². The molecule has 114 valence electrons. The lowest BCUT2D eigenvalue weighted by atomic mass is 10.0. The quantitative estimate of drug-likeness (QED) is 0.828. The van der Waals surface area contributed by atoms with E-state index in [1.807, 2.05) is 12.1 Å². The van der Waals surface area contributed by atoms with E-state index >= 15 is 0 Å². The highest BCUT2D eigenvalue weighted by Crippen LogP contribution is 2.47. The topological polar surface area (TPSA) is 80.8 Å². The number of rotatable bonds is 6. The standard InChI is InChI=1S/C15H15ClN4O2/c16-13-5-8(1-2-9(13)7-22-10-3-4-10)14(21)11-6-12(11)15-17-19-20-18-15/h1-2,5,10-12H,3-4,6-7H2,(H,17,18,19,20)/t11-,12-/m0/s1. The molecule has 0 amide bonds. The summed E-state index contributed by atoms with van der Waals surface area (Å²) in [6.45, 7) is 0.507. The van der Waals surface area contributed by atoms with E-state index in [0.717, 1.165) is 24.8 Å². The van der Waals surface area contributed by atoms with Crippen LogP contribution in [0.1, 0.15) is 46.9 Å². The maximum atomic E-state index is 12.5. The SMILES string of the molecule is O=C(c1ccc(COC2CC2)c(Cl)c1)[C@H]1C[C@@H]1c1nn[nH]n1. The van der Waals surface area contributed by atoms with Crippen LogP contribution in [0, 0.1) is 5.92 Å². The number of carbonyl (C=O) groups excluding carboxylic acids is 1. The Morgan fingerprint density at radius 1 is 1.41 bits per heavy atom. The average Bonchev–Trinajstić information content (AvgIpc) is 3.45. The number of benzene rings is 1. The van der Waals surface area contributed by atoms with Gasteiger partial charge in [0, 0.05) is 22.4 Å². The lowest BCUT2D eigenvalue weighted by molar-refractivity contribution is 0.0963. The fourth-order valence-electron chi connectivity index (χ4n) is 2.57. The van der Waals surface area contributed by atoms with Gasteiger partial charge in [-0.05, 0) is 30.9 Å². The number of ketones is 1. The van der Waals surface area contributed by atoms with Crippen molar-refractivity contribution in [3.8, 4) is 0 Å². The van der Waals surface area contributed by atoms with Gasteiger partial charge in [0.25, 0.3) is 0 Å². The van der Waals surface area contributed by atoms with E-state index in [-0.39, 0.29) is 17.6 Å². The van der Waals surface area contributed by atoms with Crippen LogP contribution in [0.4, 0.5) is 0 Å². The lowest BCUT2D eigenvalue weighted by Gasteiger charge is -2.07. The molecule has 2 aliphatic carbocycles. The number of Topliss-reactive ketones (excluding diaryl/α,β-unsaturated/α-hetero) is 1. The highest BCUT2D eigenvalue weighted by atomic mass is 35.5. The second kappa shape index (κ2) is 5.44. The first-order valence-electron chi connectivity index (χ1n) is 7.40. The number of halogens is 1. The number of nitrogens with zero attached hydrogens (tertiary/aromatic N) is 3. The number of carbonyl (C=O) groups is 1. The molecule has 1 heterocycles. The summed E-state index contributed by atoms with van der Waals surface area (Å²) < 4.78 is 5.65. The molecule has 2 aliphatic rings. The number of tetrazole rings is 1. The predicted molar refractivity (Wildman–Crippen MR) is 78.6 cm³/mol. The van der Waals surface area contributed by atoms with Crippen molar-refractivity contribution in [1.29, 1.82) is 0 Å². The molecule has 1 aromatic carbocycles. The van der Waals surface area contributed by atoms with Crippen LogP contribution in [-0.4, -0.2) is 32.5 Å². The van der Waals surface area contributed by atoms with E-state index in [4.69, 9.17) is 16.3 Å². The maximum absolute atomic E-state index is 12.5.